The summed E-state index contributed by atoms with van der Waals surface area (Å²) < 4.78 is 2.02. The Morgan fingerprint density at radius 2 is 2.42 bits per heavy atom. The highest BCUT2D eigenvalue weighted by Gasteiger charge is 1.99. The third kappa shape index (κ3) is 2.89. The summed E-state index contributed by atoms with van der Waals surface area (Å²) in [5.41, 5.74) is 1.24. The van der Waals surface area contributed by atoms with Gasteiger partial charge in [-0.2, -0.15) is 16.9 Å². The number of rotatable bonds is 4. The Morgan fingerprint density at radius 1 is 1.67 bits per heavy atom. The molecule has 0 saturated carbocycles. The van der Waals surface area contributed by atoms with E-state index in [1.165, 1.54) is 12.0 Å². The second-order valence-electron chi connectivity index (χ2n) is 3.12. The Morgan fingerprint density at radius 3 is 2.92 bits per heavy atom. The van der Waals surface area contributed by atoms with E-state index in [9.17, 15) is 0 Å². The topological polar surface area (TPSA) is 17.8 Å². The normalized spacial score (nSPS) is 13.2. The first-order valence-electron chi connectivity index (χ1n) is 4.24. The summed E-state index contributed by atoms with van der Waals surface area (Å²) in [6.07, 6.45) is 7.35. The van der Waals surface area contributed by atoms with Crippen molar-refractivity contribution in [3.05, 3.63) is 18.0 Å². The fourth-order valence-corrected chi connectivity index (χ4v) is 1.36. The van der Waals surface area contributed by atoms with Crippen LogP contribution >= 0.6 is 11.8 Å². The van der Waals surface area contributed by atoms with Crippen LogP contribution in [0.15, 0.2) is 12.4 Å². The predicted octanol–water partition coefficient (Wildman–Crippen LogP) is 2.33. The minimum Gasteiger partial charge on any atom is -0.272 e. The fourth-order valence-electron chi connectivity index (χ4n) is 1.02. The molecular formula is C9H16N2S. The minimum absolute atomic E-state index is 0.731. The number of thioether (sulfide) groups is 1. The van der Waals surface area contributed by atoms with Gasteiger partial charge in [-0.1, -0.05) is 6.92 Å². The molecule has 1 aromatic rings. The minimum atomic E-state index is 0.731. The molecule has 0 aliphatic rings. The molecule has 0 N–H and O–H groups in total. The summed E-state index contributed by atoms with van der Waals surface area (Å²) >= 11 is 1.91. The van der Waals surface area contributed by atoms with Crippen molar-refractivity contribution in [2.45, 2.75) is 32.1 Å². The molecule has 1 aromatic heterocycles. The average molecular weight is 184 g/mol. The Bertz CT molecular complexity index is 232. The van der Waals surface area contributed by atoms with Gasteiger partial charge in [0.05, 0.1) is 6.20 Å². The molecule has 0 saturated heterocycles. The van der Waals surface area contributed by atoms with Gasteiger partial charge < -0.3 is 0 Å². The second-order valence-corrected chi connectivity index (χ2v) is 4.39. The molecule has 0 radical (unpaired) electrons. The van der Waals surface area contributed by atoms with Gasteiger partial charge in [-0.05, 0) is 25.2 Å². The summed E-state index contributed by atoms with van der Waals surface area (Å²) in [7, 11) is 0. The molecule has 3 heteroatoms. The Labute approximate surface area is 78.4 Å². The molecule has 0 fully saturated rings. The monoisotopic (exact) mass is 184 g/mol. The molecule has 2 nitrogen and oxygen atoms in total. The van der Waals surface area contributed by atoms with E-state index >= 15 is 0 Å². The maximum Gasteiger partial charge on any atom is 0.0518 e. The van der Waals surface area contributed by atoms with Crippen LogP contribution in [0.25, 0.3) is 0 Å². The lowest BCUT2D eigenvalue weighted by Gasteiger charge is -2.06. The van der Waals surface area contributed by atoms with Crippen molar-refractivity contribution in [2.24, 2.45) is 0 Å². The van der Waals surface area contributed by atoms with E-state index in [2.05, 4.69) is 31.4 Å². The lowest BCUT2D eigenvalue weighted by atomic mass is 10.3. The molecule has 0 spiro atoms. The standard InChI is InChI=1S/C9H16N2S/c1-8-6-10-11(7-8)5-4-9(2)12-3/h6-7,9H,4-5H2,1-3H3. The largest absolute Gasteiger partial charge is 0.272 e. The van der Waals surface area contributed by atoms with Crippen molar-refractivity contribution in [3.8, 4) is 0 Å². The lowest BCUT2D eigenvalue weighted by molar-refractivity contribution is 0.577. The third-order valence-electron chi connectivity index (χ3n) is 1.93. The van der Waals surface area contributed by atoms with E-state index in [1.54, 1.807) is 0 Å². The van der Waals surface area contributed by atoms with Crippen LogP contribution in [0.1, 0.15) is 18.9 Å². The van der Waals surface area contributed by atoms with E-state index < -0.39 is 0 Å². The Hall–Kier alpha value is -0.440. The molecule has 0 aliphatic heterocycles. The number of hydrogen-bond donors (Lipinski definition) is 0. The van der Waals surface area contributed by atoms with Crippen LogP contribution < -0.4 is 0 Å². The average Bonchev–Trinajstić information content (AvgIpc) is 2.47. The number of aromatic nitrogens is 2. The van der Waals surface area contributed by atoms with E-state index in [4.69, 9.17) is 0 Å². The van der Waals surface area contributed by atoms with Crippen molar-refractivity contribution in [3.63, 3.8) is 0 Å². The summed E-state index contributed by atoms with van der Waals surface area (Å²) in [4.78, 5) is 0. The Balaban J connectivity index is 2.33. The van der Waals surface area contributed by atoms with Crippen LogP contribution in [0.5, 0.6) is 0 Å². The third-order valence-corrected chi connectivity index (χ3v) is 2.97. The highest BCUT2D eigenvalue weighted by molar-refractivity contribution is 7.99. The van der Waals surface area contributed by atoms with Gasteiger partial charge in [-0.15, -0.1) is 0 Å². The van der Waals surface area contributed by atoms with Crippen molar-refractivity contribution >= 4 is 11.8 Å². The number of aryl methyl sites for hydroxylation is 2. The lowest BCUT2D eigenvalue weighted by Crippen LogP contribution is -2.04. The van der Waals surface area contributed by atoms with Gasteiger partial charge in [0.25, 0.3) is 0 Å². The van der Waals surface area contributed by atoms with Gasteiger partial charge in [0, 0.05) is 18.0 Å². The first kappa shape index (κ1) is 9.65. The van der Waals surface area contributed by atoms with Gasteiger partial charge in [-0.25, -0.2) is 0 Å². The molecule has 0 aromatic carbocycles. The van der Waals surface area contributed by atoms with Gasteiger partial charge in [0.2, 0.25) is 0 Å². The molecule has 68 valence electrons. The maximum absolute atomic E-state index is 4.23. The molecule has 1 rings (SSSR count). The van der Waals surface area contributed by atoms with Crippen molar-refractivity contribution < 1.29 is 0 Å². The smallest absolute Gasteiger partial charge is 0.0518 e. The SMILES string of the molecule is CSC(C)CCn1cc(C)cn1. The zero-order chi connectivity index (χ0) is 8.97. The van der Waals surface area contributed by atoms with E-state index in [1.807, 2.05) is 22.6 Å². The highest BCUT2D eigenvalue weighted by Crippen LogP contribution is 2.10. The van der Waals surface area contributed by atoms with Crippen molar-refractivity contribution in [2.75, 3.05) is 6.26 Å². The van der Waals surface area contributed by atoms with Crippen molar-refractivity contribution in [1.82, 2.24) is 9.78 Å². The molecular weight excluding hydrogens is 168 g/mol. The summed E-state index contributed by atoms with van der Waals surface area (Å²) in [6, 6.07) is 0. The van der Waals surface area contributed by atoms with Crippen LogP contribution in [-0.4, -0.2) is 21.3 Å². The number of nitrogens with zero attached hydrogens (tertiary/aromatic N) is 2. The van der Waals surface area contributed by atoms with Crippen LogP contribution in [-0.2, 0) is 6.54 Å². The van der Waals surface area contributed by atoms with Crippen LogP contribution in [0, 0.1) is 6.92 Å². The molecule has 12 heavy (non-hydrogen) atoms. The quantitative estimate of drug-likeness (QED) is 0.714. The summed E-state index contributed by atoms with van der Waals surface area (Å²) in [6.45, 7) is 5.36. The van der Waals surface area contributed by atoms with E-state index in [0.717, 1.165) is 11.8 Å². The van der Waals surface area contributed by atoms with E-state index in [-0.39, 0.29) is 0 Å². The maximum atomic E-state index is 4.23. The Kier molecular flexibility index (Phi) is 3.66. The van der Waals surface area contributed by atoms with Gasteiger partial charge >= 0.3 is 0 Å². The molecule has 0 bridgehead atoms. The summed E-state index contributed by atoms with van der Waals surface area (Å²) in [5.74, 6) is 0. The van der Waals surface area contributed by atoms with Crippen LogP contribution in [0.2, 0.25) is 0 Å². The molecule has 0 aliphatic carbocycles. The van der Waals surface area contributed by atoms with Crippen molar-refractivity contribution in [1.29, 1.82) is 0 Å². The highest BCUT2D eigenvalue weighted by atomic mass is 32.2. The summed E-state index contributed by atoms with van der Waals surface area (Å²) in [5, 5.41) is 4.96. The molecule has 0 amide bonds. The molecule has 1 atom stereocenters. The predicted molar refractivity (Wildman–Crippen MR) is 54.6 cm³/mol. The number of hydrogen-bond acceptors (Lipinski definition) is 2. The van der Waals surface area contributed by atoms with Gasteiger partial charge in [0.15, 0.2) is 0 Å². The van der Waals surface area contributed by atoms with Gasteiger partial charge in [0.1, 0.15) is 0 Å². The van der Waals surface area contributed by atoms with Gasteiger partial charge in [-0.3, -0.25) is 4.68 Å². The zero-order valence-corrected chi connectivity index (χ0v) is 8.77. The van der Waals surface area contributed by atoms with Crippen LogP contribution in [0.4, 0.5) is 0 Å². The fraction of sp³-hybridized carbons (Fsp3) is 0.667. The molecule has 1 unspecified atom stereocenters. The van der Waals surface area contributed by atoms with Crippen LogP contribution in [0.3, 0.4) is 0 Å². The zero-order valence-electron chi connectivity index (χ0n) is 7.95. The first-order chi connectivity index (χ1) is 5.72. The second kappa shape index (κ2) is 4.55. The first-order valence-corrected chi connectivity index (χ1v) is 5.53. The van der Waals surface area contributed by atoms with E-state index in [0.29, 0.717) is 0 Å². The molecule has 1 heterocycles.